The summed E-state index contributed by atoms with van der Waals surface area (Å²) in [6.07, 6.45) is 0. The van der Waals surface area contributed by atoms with Crippen LogP contribution in [0.25, 0.3) is 0 Å². The Balaban J connectivity index is 2.24. The van der Waals surface area contributed by atoms with E-state index in [1.165, 1.54) is 18.2 Å². The number of aryl methyl sites for hydroxylation is 1. The maximum Gasteiger partial charge on any atom is 0.255 e. The van der Waals surface area contributed by atoms with Gasteiger partial charge in [0, 0.05) is 10.0 Å². The smallest absolute Gasteiger partial charge is 0.255 e. The summed E-state index contributed by atoms with van der Waals surface area (Å²) in [5, 5.41) is 2.74. The average molecular weight is 308 g/mol. The number of hydrogen-bond acceptors (Lipinski definition) is 1. The fourth-order valence-electron chi connectivity index (χ4n) is 1.61. The second-order valence-electron chi connectivity index (χ2n) is 3.89. The molecular formula is C14H11BrFNO. The summed E-state index contributed by atoms with van der Waals surface area (Å²) in [6, 6.07) is 11.4. The molecule has 2 aromatic rings. The molecular weight excluding hydrogens is 297 g/mol. The van der Waals surface area contributed by atoms with Crippen molar-refractivity contribution in [3.8, 4) is 0 Å². The zero-order valence-corrected chi connectivity index (χ0v) is 11.3. The van der Waals surface area contributed by atoms with Crippen LogP contribution in [-0.4, -0.2) is 5.91 Å². The molecule has 2 rings (SSSR count). The number of benzene rings is 2. The molecule has 0 bridgehead atoms. The van der Waals surface area contributed by atoms with Crippen LogP contribution in [0.3, 0.4) is 0 Å². The molecule has 4 heteroatoms. The first-order chi connectivity index (χ1) is 8.58. The Hall–Kier alpha value is -1.68. The van der Waals surface area contributed by atoms with Crippen molar-refractivity contribution in [3.63, 3.8) is 0 Å². The summed E-state index contributed by atoms with van der Waals surface area (Å²) >= 11 is 3.21. The number of hydrogen-bond donors (Lipinski definition) is 1. The Kier molecular flexibility index (Phi) is 3.77. The molecule has 0 unspecified atom stereocenters. The summed E-state index contributed by atoms with van der Waals surface area (Å²) in [5.74, 6) is -0.559. The van der Waals surface area contributed by atoms with Gasteiger partial charge in [-0.3, -0.25) is 4.79 Å². The molecule has 18 heavy (non-hydrogen) atoms. The summed E-state index contributed by atoms with van der Waals surface area (Å²) in [4.78, 5) is 12.0. The van der Waals surface area contributed by atoms with E-state index in [4.69, 9.17) is 0 Å². The van der Waals surface area contributed by atoms with Crippen LogP contribution in [-0.2, 0) is 0 Å². The van der Waals surface area contributed by atoms with Crippen molar-refractivity contribution in [2.45, 2.75) is 6.92 Å². The van der Waals surface area contributed by atoms with E-state index in [1.54, 1.807) is 6.07 Å². The van der Waals surface area contributed by atoms with Gasteiger partial charge in [0.05, 0.1) is 5.69 Å². The maximum absolute atomic E-state index is 12.9. The average Bonchev–Trinajstić information content (AvgIpc) is 2.33. The number of rotatable bonds is 2. The standard InChI is InChI=1S/C14H11BrFNO/c1-9-4-2-3-5-11(9)14(18)17-13-7-6-10(16)8-12(13)15/h2-8H,1H3,(H,17,18). The minimum absolute atomic E-state index is 0.208. The van der Waals surface area contributed by atoms with Gasteiger partial charge in [-0.2, -0.15) is 0 Å². The molecule has 2 aromatic carbocycles. The predicted molar refractivity (Wildman–Crippen MR) is 73.2 cm³/mol. The predicted octanol–water partition coefficient (Wildman–Crippen LogP) is 4.15. The van der Waals surface area contributed by atoms with E-state index in [0.717, 1.165) is 5.56 Å². The normalized spacial score (nSPS) is 10.2. The van der Waals surface area contributed by atoms with Gasteiger partial charge in [-0.1, -0.05) is 18.2 Å². The van der Waals surface area contributed by atoms with Crippen LogP contribution in [0.1, 0.15) is 15.9 Å². The third kappa shape index (κ3) is 2.76. The van der Waals surface area contributed by atoms with Crippen LogP contribution in [0.4, 0.5) is 10.1 Å². The molecule has 0 saturated carbocycles. The number of anilines is 1. The molecule has 0 spiro atoms. The minimum atomic E-state index is -0.351. The van der Waals surface area contributed by atoms with E-state index >= 15 is 0 Å². The van der Waals surface area contributed by atoms with Crippen molar-refractivity contribution in [1.82, 2.24) is 0 Å². The van der Waals surface area contributed by atoms with Gasteiger partial charge in [0.2, 0.25) is 0 Å². The zero-order chi connectivity index (χ0) is 13.1. The number of halogens is 2. The Morgan fingerprint density at radius 3 is 2.61 bits per heavy atom. The zero-order valence-electron chi connectivity index (χ0n) is 9.71. The van der Waals surface area contributed by atoms with Crippen LogP contribution in [0, 0.1) is 12.7 Å². The molecule has 0 aliphatic rings. The molecule has 0 heterocycles. The Morgan fingerprint density at radius 2 is 1.94 bits per heavy atom. The largest absolute Gasteiger partial charge is 0.321 e. The molecule has 0 saturated heterocycles. The quantitative estimate of drug-likeness (QED) is 0.887. The summed E-state index contributed by atoms with van der Waals surface area (Å²) < 4.78 is 13.4. The van der Waals surface area contributed by atoms with E-state index < -0.39 is 0 Å². The lowest BCUT2D eigenvalue weighted by Crippen LogP contribution is -2.13. The molecule has 0 aliphatic carbocycles. The van der Waals surface area contributed by atoms with Gasteiger partial charge in [0.15, 0.2) is 0 Å². The lowest BCUT2D eigenvalue weighted by atomic mass is 10.1. The van der Waals surface area contributed by atoms with Crippen molar-refractivity contribution in [2.75, 3.05) is 5.32 Å². The van der Waals surface area contributed by atoms with Gasteiger partial charge in [0.25, 0.3) is 5.91 Å². The van der Waals surface area contributed by atoms with Crippen molar-refractivity contribution in [2.24, 2.45) is 0 Å². The van der Waals surface area contributed by atoms with Gasteiger partial charge in [-0.15, -0.1) is 0 Å². The molecule has 0 aromatic heterocycles. The number of carbonyl (C=O) groups excluding carboxylic acids is 1. The topological polar surface area (TPSA) is 29.1 Å². The highest BCUT2D eigenvalue weighted by atomic mass is 79.9. The van der Waals surface area contributed by atoms with Crippen LogP contribution < -0.4 is 5.32 Å². The Labute approximate surface area is 113 Å². The van der Waals surface area contributed by atoms with Gasteiger partial charge < -0.3 is 5.32 Å². The number of carbonyl (C=O) groups is 1. The molecule has 1 amide bonds. The van der Waals surface area contributed by atoms with Gasteiger partial charge >= 0.3 is 0 Å². The van der Waals surface area contributed by atoms with Gasteiger partial charge in [0.1, 0.15) is 5.82 Å². The second-order valence-corrected chi connectivity index (χ2v) is 4.75. The van der Waals surface area contributed by atoms with Crippen molar-refractivity contribution in [1.29, 1.82) is 0 Å². The van der Waals surface area contributed by atoms with Crippen LogP contribution >= 0.6 is 15.9 Å². The third-order valence-corrected chi connectivity index (χ3v) is 3.23. The summed E-state index contributed by atoms with van der Waals surface area (Å²) in [7, 11) is 0. The van der Waals surface area contributed by atoms with Crippen molar-refractivity contribution >= 4 is 27.5 Å². The van der Waals surface area contributed by atoms with E-state index in [0.29, 0.717) is 15.7 Å². The lowest BCUT2D eigenvalue weighted by Gasteiger charge is -2.09. The molecule has 2 nitrogen and oxygen atoms in total. The molecule has 0 radical (unpaired) electrons. The number of amides is 1. The summed E-state index contributed by atoms with van der Waals surface area (Å²) in [6.45, 7) is 1.87. The molecule has 1 N–H and O–H groups in total. The minimum Gasteiger partial charge on any atom is -0.321 e. The molecule has 0 aliphatic heterocycles. The van der Waals surface area contributed by atoms with E-state index in [2.05, 4.69) is 21.2 Å². The third-order valence-electron chi connectivity index (χ3n) is 2.57. The van der Waals surface area contributed by atoms with Crippen LogP contribution in [0.5, 0.6) is 0 Å². The first-order valence-electron chi connectivity index (χ1n) is 5.40. The highest BCUT2D eigenvalue weighted by Gasteiger charge is 2.10. The van der Waals surface area contributed by atoms with E-state index in [9.17, 15) is 9.18 Å². The molecule has 0 fully saturated rings. The molecule has 0 atom stereocenters. The van der Waals surface area contributed by atoms with Crippen LogP contribution in [0.2, 0.25) is 0 Å². The highest BCUT2D eigenvalue weighted by Crippen LogP contribution is 2.23. The maximum atomic E-state index is 12.9. The lowest BCUT2D eigenvalue weighted by molar-refractivity contribution is 0.102. The SMILES string of the molecule is Cc1ccccc1C(=O)Nc1ccc(F)cc1Br. The van der Waals surface area contributed by atoms with Gasteiger partial charge in [-0.25, -0.2) is 4.39 Å². The number of nitrogens with one attached hydrogen (secondary N) is 1. The molecule has 92 valence electrons. The Bertz CT molecular complexity index is 598. The fourth-order valence-corrected chi connectivity index (χ4v) is 2.06. The van der Waals surface area contributed by atoms with Crippen LogP contribution in [0.15, 0.2) is 46.9 Å². The van der Waals surface area contributed by atoms with E-state index in [-0.39, 0.29) is 11.7 Å². The first-order valence-corrected chi connectivity index (χ1v) is 6.19. The van der Waals surface area contributed by atoms with Crippen molar-refractivity contribution < 1.29 is 9.18 Å². The summed E-state index contributed by atoms with van der Waals surface area (Å²) in [5.41, 5.74) is 2.05. The Morgan fingerprint density at radius 1 is 1.22 bits per heavy atom. The first kappa shape index (κ1) is 12.8. The fraction of sp³-hybridized carbons (Fsp3) is 0.0714. The van der Waals surface area contributed by atoms with E-state index in [1.807, 2.05) is 25.1 Å². The van der Waals surface area contributed by atoms with Crippen molar-refractivity contribution in [3.05, 3.63) is 63.9 Å². The second kappa shape index (κ2) is 5.31. The monoisotopic (exact) mass is 307 g/mol. The highest BCUT2D eigenvalue weighted by molar-refractivity contribution is 9.10. The van der Waals surface area contributed by atoms with Gasteiger partial charge in [-0.05, 0) is 52.7 Å².